The Morgan fingerprint density at radius 3 is 2.40 bits per heavy atom. The normalized spacial score (nSPS) is 14.9. The van der Waals surface area contributed by atoms with Crippen molar-refractivity contribution in [3.05, 3.63) is 65.2 Å². The molecule has 1 aliphatic heterocycles. The van der Waals surface area contributed by atoms with Crippen molar-refractivity contribution < 1.29 is 4.79 Å². The van der Waals surface area contributed by atoms with Gasteiger partial charge < -0.3 is 9.80 Å². The summed E-state index contributed by atoms with van der Waals surface area (Å²) in [7, 11) is 0. The summed E-state index contributed by atoms with van der Waals surface area (Å²) < 4.78 is 2.68. The van der Waals surface area contributed by atoms with Crippen molar-refractivity contribution in [1.82, 2.24) is 19.1 Å². The number of nitrogens with zero attached hydrogens (tertiary/aromatic N) is 5. The van der Waals surface area contributed by atoms with Crippen LogP contribution in [0.3, 0.4) is 0 Å². The van der Waals surface area contributed by atoms with Gasteiger partial charge in [-0.3, -0.25) is 9.20 Å². The molecule has 3 heterocycles. The first kappa shape index (κ1) is 15.4. The number of amides is 1. The molecule has 0 atom stereocenters. The molecule has 0 N–H and O–H groups in total. The van der Waals surface area contributed by atoms with Crippen LogP contribution < -0.4 is 10.6 Å². The first-order valence-corrected chi connectivity index (χ1v) is 8.34. The highest BCUT2D eigenvalue weighted by molar-refractivity contribution is 5.76. The topological polar surface area (TPSA) is 62.9 Å². The molecule has 1 saturated heterocycles. The van der Waals surface area contributed by atoms with Crippen molar-refractivity contribution in [2.24, 2.45) is 0 Å². The molecular weight excluding hydrogens is 318 g/mol. The fourth-order valence-corrected chi connectivity index (χ4v) is 3.15. The lowest BCUT2D eigenvalue weighted by Gasteiger charge is -2.36. The van der Waals surface area contributed by atoms with Gasteiger partial charge in [0.2, 0.25) is 5.91 Å². The zero-order valence-electron chi connectivity index (χ0n) is 13.8. The van der Waals surface area contributed by atoms with Gasteiger partial charge in [0.15, 0.2) is 5.65 Å². The summed E-state index contributed by atoms with van der Waals surface area (Å²) in [4.78, 5) is 28.9. The van der Waals surface area contributed by atoms with Crippen molar-refractivity contribution in [2.45, 2.75) is 6.54 Å². The lowest BCUT2D eigenvalue weighted by Crippen LogP contribution is -2.50. The highest BCUT2D eigenvalue weighted by Gasteiger charge is 2.22. The van der Waals surface area contributed by atoms with Crippen LogP contribution in [-0.2, 0) is 11.3 Å². The minimum absolute atomic E-state index is 0.0220. The number of anilines is 1. The Balaban J connectivity index is 1.42. The Morgan fingerprint density at radius 2 is 1.68 bits per heavy atom. The number of rotatable bonds is 3. The lowest BCUT2D eigenvalue weighted by molar-refractivity contribution is -0.132. The van der Waals surface area contributed by atoms with Gasteiger partial charge in [-0.1, -0.05) is 24.3 Å². The van der Waals surface area contributed by atoms with E-state index in [0.717, 1.165) is 13.1 Å². The van der Waals surface area contributed by atoms with Gasteiger partial charge in [0.1, 0.15) is 6.54 Å². The summed E-state index contributed by atoms with van der Waals surface area (Å²) in [5.41, 5.74) is 1.44. The molecule has 0 saturated carbocycles. The third-order valence-corrected chi connectivity index (χ3v) is 4.53. The maximum absolute atomic E-state index is 12.5. The van der Waals surface area contributed by atoms with E-state index in [1.165, 1.54) is 14.8 Å². The number of fused-ring (bicyclic) bond motifs is 1. The second kappa shape index (κ2) is 6.43. The van der Waals surface area contributed by atoms with Crippen molar-refractivity contribution in [3.8, 4) is 0 Å². The van der Waals surface area contributed by atoms with E-state index in [4.69, 9.17) is 0 Å². The molecule has 1 aromatic carbocycles. The molecule has 2 aromatic heterocycles. The number of benzene rings is 1. The predicted molar refractivity (Wildman–Crippen MR) is 94.7 cm³/mol. The van der Waals surface area contributed by atoms with Crippen LogP contribution in [0.25, 0.3) is 5.65 Å². The fourth-order valence-electron chi connectivity index (χ4n) is 3.15. The third kappa shape index (κ3) is 3.00. The average molecular weight is 337 g/mol. The van der Waals surface area contributed by atoms with Crippen molar-refractivity contribution in [2.75, 3.05) is 31.1 Å². The minimum atomic E-state index is -0.285. The maximum atomic E-state index is 12.5. The van der Waals surface area contributed by atoms with Crippen molar-refractivity contribution >= 4 is 17.2 Å². The summed E-state index contributed by atoms with van der Waals surface area (Å²) in [6.07, 6.45) is 1.66. The van der Waals surface area contributed by atoms with Gasteiger partial charge in [-0.05, 0) is 24.3 Å². The Labute approximate surface area is 144 Å². The fraction of sp³-hybridized carbons (Fsp3) is 0.278. The second-order valence-electron chi connectivity index (χ2n) is 6.07. The summed E-state index contributed by atoms with van der Waals surface area (Å²) in [5.74, 6) is -0.0711. The standard InChI is InChI=1S/C18H19N5O2/c24-17(14-23-18(25)22-9-5-4-8-16(22)19-23)21-12-10-20(11-13-21)15-6-2-1-3-7-15/h1-9H,10-14H2. The Bertz CT molecular complexity index is 939. The van der Waals surface area contributed by atoms with Gasteiger partial charge in [0.25, 0.3) is 0 Å². The van der Waals surface area contributed by atoms with Gasteiger partial charge in [-0.2, -0.15) is 0 Å². The number of carbonyl (C=O) groups is 1. The number of aromatic nitrogens is 3. The van der Waals surface area contributed by atoms with Gasteiger partial charge in [0, 0.05) is 38.1 Å². The Morgan fingerprint density at radius 1 is 0.960 bits per heavy atom. The molecule has 7 heteroatoms. The van der Waals surface area contributed by atoms with Gasteiger partial charge in [-0.25, -0.2) is 9.48 Å². The van der Waals surface area contributed by atoms with E-state index in [0.29, 0.717) is 18.7 Å². The summed E-state index contributed by atoms with van der Waals surface area (Å²) in [6, 6.07) is 15.5. The van der Waals surface area contributed by atoms with Crippen molar-refractivity contribution in [1.29, 1.82) is 0 Å². The first-order chi connectivity index (χ1) is 12.2. The third-order valence-electron chi connectivity index (χ3n) is 4.53. The number of carbonyl (C=O) groups excluding carboxylic acids is 1. The molecule has 0 unspecified atom stereocenters. The van der Waals surface area contributed by atoms with Gasteiger partial charge in [-0.15, -0.1) is 5.10 Å². The van der Waals surface area contributed by atoms with E-state index in [1.807, 2.05) is 24.3 Å². The van der Waals surface area contributed by atoms with Crippen LogP contribution in [0, 0.1) is 0 Å². The van der Waals surface area contributed by atoms with Crippen LogP contribution in [0.4, 0.5) is 5.69 Å². The molecule has 0 bridgehead atoms. The molecule has 3 aromatic rings. The molecule has 0 radical (unpaired) electrons. The predicted octanol–water partition coefficient (Wildman–Crippen LogP) is 0.845. The van der Waals surface area contributed by atoms with Crippen LogP contribution >= 0.6 is 0 Å². The molecule has 4 rings (SSSR count). The lowest BCUT2D eigenvalue weighted by atomic mass is 10.2. The number of para-hydroxylation sites is 1. The number of hydrogen-bond acceptors (Lipinski definition) is 4. The van der Waals surface area contributed by atoms with E-state index < -0.39 is 0 Å². The van der Waals surface area contributed by atoms with E-state index in [1.54, 1.807) is 23.2 Å². The molecule has 7 nitrogen and oxygen atoms in total. The number of pyridine rings is 1. The van der Waals surface area contributed by atoms with Gasteiger partial charge in [0.05, 0.1) is 0 Å². The smallest absolute Gasteiger partial charge is 0.350 e. The van der Waals surface area contributed by atoms with Crippen LogP contribution in [0.1, 0.15) is 0 Å². The molecule has 25 heavy (non-hydrogen) atoms. The summed E-state index contributed by atoms with van der Waals surface area (Å²) >= 11 is 0. The summed E-state index contributed by atoms with van der Waals surface area (Å²) in [6.45, 7) is 2.85. The highest BCUT2D eigenvalue weighted by atomic mass is 16.2. The van der Waals surface area contributed by atoms with Crippen molar-refractivity contribution in [3.63, 3.8) is 0 Å². The average Bonchev–Trinajstić information content (AvgIpc) is 2.98. The number of piperazine rings is 1. The van der Waals surface area contributed by atoms with Crippen LogP contribution in [-0.4, -0.2) is 51.2 Å². The molecule has 128 valence electrons. The first-order valence-electron chi connectivity index (χ1n) is 8.34. The zero-order valence-corrected chi connectivity index (χ0v) is 13.8. The second-order valence-corrected chi connectivity index (χ2v) is 6.07. The Hall–Kier alpha value is -3.09. The molecule has 1 amide bonds. The molecule has 0 spiro atoms. The van der Waals surface area contributed by atoms with E-state index in [9.17, 15) is 9.59 Å². The monoisotopic (exact) mass is 337 g/mol. The molecule has 0 aliphatic carbocycles. The Kier molecular flexibility index (Phi) is 3.97. The van der Waals surface area contributed by atoms with E-state index >= 15 is 0 Å². The van der Waals surface area contributed by atoms with Crippen LogP contribution in [0.15, 0.2) is 59.5 Å². The highest BCUT2D eigenvalue weighted by Crippen LogP contribution is 2.15. The molecule has 1 fully saturated rings. The van der Waals surface area contributed by atoms with Gasteiger partial charge >= 0.3 is 5.69 Å². The maximum Gasteiger partial charge on any atom is 0.350 e. The summed E-state index contributed by atoms with van der Waals surface area (Å²) in [5, 5.41) is 4.22. The van der Waals surface area contributed by atoms with E-state index in [-0.39, 0.29) is 18.1 Å². The minimum Gasteiger partial charge on any atom is -0.368 e. The molecule has 1 aliphatic rings. The zero-order chi connectivity index (χ0) is 17.2. The number of hydrogen-bond donors (Lipinski definition) is 0. The SMILES string of the molecule is O=C(Cn1nc2ccccn2c1=O)N1CCN(c2ccccc2)CC1. The van der Waals surface area contributed by atoms with E-state index in [2.05, 4.69) is 22.1 Å². The largest absolute Gasteiger partial charge is 0.368 e. The quantitative estimate of drug-likeness (QED) is 0.711. The van der Waals surface area contributed by atoms with Crippen LogP contribution in [0.2, 0.25) is 0 Å². The van der Waals surface area contributed by atoms with Crippen LogP contribution in [0.5, 0.6) is 0 Å². The molecular formula is C18H19N5O2.